The van der Waals surface area contributed by atoms with Gasteiger partial charge < -0.3 is 4.57 Å². The summed E-state index contributed by atoms with van der Waals surface area (Å²) in [6.07, 6.45) is -5.30. The number of imidazole rings is 1. The molecule has 2 aromatic rings. The molecule has 0 aliphatic heterocycles. The molecule has 104 valence electrons. The Balaban J connectivity index is 2.48. The zero-order valence-corrected chi connectivity index (χ0v) is 11.8. The summed E-state index contributed by atoms with van der Waals surface area (Å²) < 4.78 is 51.8. The number of benzene rings is 1. The molecule has 1 heterocycles. The maximum atomic E-state index is 13.5. The maximum absolute atomic E-state index is 13.5. The predicted molar refractivity (Wildman–Crippen MR) is 67.6 cm³/mol. The summed E-state index contributed by atoms with van der Waals surface area (Å²) >= 11 is 8.67. The van der Waals surface area contributed by atoms with Crippen molar-refractivity contribution in [3.8, 4) is 0 Å². The fourth-order valence-corrected chi connectivity index (χ4v) is 2.30. The molecule has 8 heteroatoms. The summed E-state index contributed by atoms with van der Waals surface area (Å²) in [4.78, 5) is 4.10. The lowest BCUT2D eigenvalue weighted by Crippen LogP contribution is -2.13. The van der Waals surface area contributed by atoms with Crippen molar-refractivity contribution in [1.29, 1.82) is 0 Å². The molecule has 0 unspecified atom stereocenters. The molecule has 0 spiro atoms. The second-order valence-electron chi connectivity index (χ2n) is 3.93. The highest BCUT2D eigenvalue weighted by Crippen LogP contribution is 2.27. The summed E-state index contributed by atoms with van der Waals surface area (Å²) in [6, 6.07) is 2.57. The van der Waals surface area contributed by atoms with Gasteiger partial charge in [-0.2, -0.15) is 13.2 Å². The Bertz CT molecular complexity index is 609. The zero-order valence-electron chi connectivity index (χ0n) is 9.44. The van der Waals surface area contributed by atoms with E-state index in [1.54, 1.807) is 0 Å². The van der Waals surface area contributed by atoms with Gasteiger partial charge in [0.05, 0.1) is 27.8 Å². The molecule has 0 aliphatic carbocycles. The second kappa shape index (κ2) is 5.28. The van der Waals surface area contributed by atoms with E-state index >= 15 is 0 Å². The minimum atomic E-state index is -4.28. The highest BCUT2D eigenvalue weighted by atomic mass is 79.9. The second-order valence-corrected chi connectivity index (χ2v) is 5.06. The predicted octanol–water partition coefficient (Wildman–Crippen LogP) is 4.63. The molecule has 0 aliphatic rings. The molecule has 0 saturated carbocycles. The number of rotatable bonds is 3. The van der Waals surface area contributed by atoms with Gasteiger partial charge in [-0.1, -0.05) is 0 Å². The number of aryl methyl sites for hydroxylation is 1. The average Bonchev–Trinajstić information content (AvgIpc) is 2.63. The van der Waals surface area contributed by atoms with Crippen LogP contribution in [0.2, 0.25) is 0 Å². The minimum absolute atomic E-state index is 0.0359. The van der Waals surface area contributed by atoms with Gasteiger partial charge in [0.1, 0.15) is 11.6 Å². The number of nitrogens with zero attached hydrogens (tertiary/aromatic N) is 2. The number of halogens is 6. The number of hydrogen-bond acceptors (Lipinski definition) is 1. The molecule has 2 rings (SSSR count). The van der Waals surface area contributed by atoms with E-state index in [2.05, 4.69) is 20.9 Å². The van der Waals surface area contributed by atoms with Crippen LogP contribution < -0.4 is 0 Å². The molecule has 0 bridgehead atoms. The number of alkyl halides is 4. The lowest BCUT2D eigenvalue weighted by molar-refractivity contribution is -0.136. The highest BCUT2D eigenvalue weighted by Gasteiger charge is 2.27. The van der Waals surface area contributed by atoms with E-state index in [0.717, 1.165) is 6.07 Å². The van der Waals surface area contributed by atoms with E-state index in [4.69, 9.17) is 11.6 Å². The molecule has 0 radical (unpaired) electrons. The topological polar surface area (TPSA) is 17.8 Å². The smallest absolute Gasteiger partial charge is 0.327 e. The Morgan fingerprint density at radius 2 is 2.00 bits per heavy atom. The van der Waals surface area contributed by atoms with Gasteiger partial charge >= 0.3 is 6.18 Å². The van der Waals surface area contributed by atoms with Crippen molar-refractivity contribution < 1.29 is 17.6 Å². The van der Waals surface area contributed by atoms with Crippen LogP contribution in [-0.4, -0.2) is 15.7 Å². The van der Waals surface area contributed by atoms with Crippen molar-refractivity contribution >= 4 is 38.6 Å². The fraction of sp³-hybridized carbons (Fsp3) is 0.364. The molecule has 0 amide bonds. The van der Waals surface area contributed by atoms with Crippen LogP contribution in [0.4, 0.5) is 17.6 Å². The van der Waals surface area contributed by atoms with Crippen molar-refractivity contribution in [3.05, 3.63) is 28.2 Å². The highest BCUT2D eigenvalue weighted by molar-refractivity contribution is 9.10. The minimum Gasteiger partial charge on any atom is -0.327 e. The van der Waals surface area contributed by atoms with Crippen LogP contribution in [0.1, 0.15) is 12.2 Å². The first-order chi connectivity index (χ1) is 8.81. The van der Waals surface area contributed by atoms with Crippen molar-refractivity contribution in [1.82, 2.24) is 9.55 Å². The largest absolute Gasteiger partial charge is 0.390 e. The van der Waals surface area contributed by atoms with Gasteiger partial charge in [-0.25, -0.2) is 9.37 Å². The van der Waals surface area contributed by atoms with E-state index in [-0.39, 0.29) is 16.9 Å². The van der Waals surface area contributed by atoms with Crippen molar-refractivity contribution in [2.24, 2.45) is 0 Å². The van der Waals surface area contributed by atoms with Crippen LogP contribution in [0, 0.1) is 5.82 Å². The standard InChI is InChI=1S/C11H8BrClF4N2/c12-6-3-8-9(4-7(6)14)19(10(5-13)18-8)2-1-11(15,16)17/h3-4H,1-2,5H2. The van der Waals surface area contributed by atoms with Gasteiger partial charge in [0.25, 0.3) is 0 Å². The molecule has 1 aromatic carbocycles. The fourth-order valence-electron chi connectivity index (χ4n) is 1.76. The van der Waals surface area contributed by atoms with Gasteiger partial charge in [0.15, 0.2) is 0 Å². The lowest BCUT2D eigenvalue weighted by atomic mass is 10.3. The van der Waals surface area contributed by atoms with Crippen LogP contribution in [0.3, 0.4) is 0 Å². The van der Waals surface area contributed by atoms with Crippen LogP contribution in [0.15, 0.2) is 16.6 Å². The van der Waals surface area contributed by atoms with Crippen molar-refractivity contribution in [3.63, 3.8) is 0 Å². The summed E-state index contributed by atoms with van der Waals surface area (Å²) in [6.45, 7) is -0.330. The van der Waals surface area contributed by atoms with Crippen LogP contribution in [-0.2, 0) is 12.4 Å². The zero-order chi connectivity index (χ0) is 14.2. The molecular formula is C11H8BrClF4N2. The Morgan fingerprint density at radius 1 is 1.32 bits per heavy atom. The molecule has 19 heavy (non-hydrogen) atoms. The molecular weight excluding hydrogens is 351 g/mol. The van der Waals surface area contributed by atoms with E-state index in [0.29, 0.717) is 16.9 Å². The van der Waals surface area contributed by atoms with Gasteiger partial charge in [-0.15, -0.1) is 11.6 Å². The quantitative estimate of drug-likeness (QED) is 0.577. The summed E-state index contributed by atoms with van der Waals surface area (Å²) in [5.74, 6) is -0.300. The molecule has 0 fully saturated rings. The summed E-state index contributed by atoms with van der Waals surface area (Å²) in [5.41, 5.74) is 0.715. The first-order valence-corrected chi connectivity index (χ1v) is 6.61. The van der Waals surface area contributed by atoms with Gasteiger partial charge in [-0.05, 0) is 22.0 Å². The summed E-state index contributed by atoms with van der Waals surface area (Å²) in [7, 11) is 0. The molecule has 0 N–H and O–H groups in total. The Kier molecular flexibility index (Phi) is 4.06. The first-order valence-electron chi connectivity index (χ1n) is 5.28. The van der Waals surface area contributed by atoms with E-state index in [9.17, 15) is 17.6 Å². The normalized spacial score (nSPS) is 12.3. The molecule has 0 saturated heterocycles. The van der Waals surface area contributed by atoms with Gasteiger partial charge in [0, 0.05) is 12.6 Å². The van der Waals surface area contributed by atoms with Crippen molar-refractivity contribution in [2.45, 2.75) is 25.0 Å². The molecule has 0 atom stereocenters. The monoisotopic (exact) mass is 358 g/mol. The third-order valence-corrected chi connectivity index (χ3v) is 3.45. The first kappa shape index (κ1) is 14.6. The van der Waals surface area contributed by atoms with E-state index in [1.165, 1.54) is 10.6 Å². The maximum Gasteiger partial charge on any atom is 0.390 e. The Labute approximate surface area is 119 Å². The number of fused-ring (bicyclic) bond motifs is 1. The Morgan fingerprint density at radius 3 is 2.58 bits per heavy atom. The molecule has 1 aromatic heterocycles. The number of aromatic nitrogens is 2. The van der Waals surface area contributed by atoms with Crippen LogP contribution in [0.25, 0.3) is 11.0 Å². The average molecular weight is 360 g/mol. The van der Waals surface area contributed by atoms with Crippen molar-refractivity contribution in [2.75, 3.05) is 0 Å². The number of hydrogen-bond donors (Lipinski definition) is 0. The van der Waals surface area contributed by atoms with Gasteiger partial charge in [-0.3, -0.25) is 0 Å². The SMILES string of the molecule is Fc1cc2c(cc1Br)nc(CCl)n2CCC(F)(F)F. The van der Waals surface area contributed by atoms with Crippen LogP contribution in [0.5, 0.6) is 0 Å². The van der Waals surface area contributed by atoms with E-state index < -0.39 is 18.4 Å². The Hall–Kier alpha value is -0.820. The third kappa shape index (κ3) is 3.20. The van der Waals surface area contributed by atoms with Gasteiger partial charge in [0.2, 0.25) is 0 Å². The lowest BCUT2D eigenvalue weighted by Gasteiger charge is -2.10. The van der Waals surface area contributed by atoms with Crippen LogP contribution >= 0.6 is 27.5 Å². The molecule has 2 nitrogen and oxygen atoms in total. The summed E-state index contributed by atoms with van der Waals surface area (Å²) in [5, 5.41) is 0. The van der Waals surface area contributed by atoms with E-state index in [1.807, 2.05) is 0 Å². The third-order valence-electron chi connectivity index (χ3n) is 2.61.